The standard InChI is InChI=1S/C18H18O7/c1-22-13-5-4-9(6-10(13)19)14-7-11(20)16-12(21)8-15(23-2)17(24-3)18(16)25-14/h4-6,8,14,19,21H,7H2,1-3H3. The molecule has 0 saturated heterocycles. The first-order valence-electron chi connectivity index (χ1n) is 7.54. The van der Waals surface area contributed by atoms with Crippen molar-refractivity contribution in [1.29, 1.82) is 0 Å². The van der Waals surface area contributed by atoms with E-state index in [1.54, 1.807) is 12.1 Å². The fourth-order valence-electron chi connectivity index (χ4n) is 2.88. The minimum Gasteiger partial charge on any atom is -0.507 e. The number of phenolic OH excluding ortho intramolecular Hbond substituents is 2. The fourth-order valence-corrected chi connectivity index (χ4v) is 2.88. The molecule has 0 bridgehead atoms. The molecule has 3 rings (SSSR count). The molecule has 0 radical (unpaired) electrons. The van der Waals surface area contributed by atoms with Gasteiger partial charge in [0.2, 0.25) is 5.75 Å². The highest BCUT2D eigenvalue weighted by atomic mass is 16.5. The zero-order valence-corrected chi connectivity index (χ0v) is 14.0. The van der Waals surface area contributed by atoms with Crippen LogP contribution in [0.3, 0.4) is 0 Å². The van der Waals surface area contributed by atoms with E-state index < -0.39 is 6.10 Å². The van der Waals surface area contributed by atoms with E-state index in [4.69, 9.17) is 18.9 Å². The van der Waals surface area contributed by atoms with Crippen LogP contribution in [0.25, 0.3) is 0 Å². The Kier molecular flexibility index (Phi) is 4.31. The second kappa shape index (κ2) is 6.43. The van der Waals surface area contributed by atoms with E-state index in [-0.39, 0.29) is 46.5 Å². The summed E-state index contributed by atoms with van der Waals surface area (Å²) in [5, 5.41) is 20.1. The maximum atomic E-state index is 12.5. The van der Waals surface area contributed by atoms with Crippen LogP contribution in [0.2, 0.25) is 0 Å². The van der Waals surface area contributed by atoms with Crippen molar-refractivity contribution in [3.05, 3.63) is 35.4 Å². The van der Waals surface area contributed by atoms with Crippen LogP contribution < -0.4 is 18.9 Å². The van der Waals surface area contributed by atoms with E-state index in [1.807, 2.05) is 0 Å². The number of hydrogen-bond acceptors (Lipinski definition) is 7. The first-order chi connectivity index (χ1) is 12.0. The highest BCUT2D eigenvalue weighted by Gasteiger charge is 2.34. The monoisotopic (exact) mass is 346 g/mol. The fraction of sp³-hybridized carbons (Fsp3) is 0.278. The third kappa shape index (κ3) is 2.77. The molecule has 7 heteroatoms. The summed E-state index contributed by atoms with van der Waals surface area (Å²) in [4.78, 5) is 12.5. The molecule has 1 aliphatic rings. The van der Waals surface area contributed by atoms with Gasteiger partial charge < -0.3 is 29.2 Å². The van der Waals surface area contributed by atoms with Crippen LogP contribution in [0.4, 0.5) is 0 Å². The Morgan fingerprint density at radius 2 is 1.72 bits per heavy atom. The second-order valence-electron chi connectivity index (χ2n) is 5.50. The van der Waals surface area contributed by atoms with Crippen molar-refractivity contribution in [3.8, 4) is 34.5 Å². The Labute approximate surface area is 144 Å². The van der Waals surface area contributed by atoms with E-state index in [2.05, 4.69) is 0 Å². The van der Waals surface area contributed by atoms with E-state index in [0.717, 1.165) is 0 Å². The molecule has 2 N–H and O–H groups in total. The topological polar surface area (TPSA) is 94.5 Å². The van der Waals surface area contributed by atoms with Crippen molar-refractivity contribution in [2.45, 2.75) is 12.5 Å². The van der Waals surface area contributed by atoms with Crippen molar-refractivity contribution in [2.75, 3.05) is 21.3 Å². The van der Waals surface area contributed by atoms with Gasteiger partial charge in [-0.3, -0.25) is 4.79 Å². The second-order valence-corrected chi connectivity index (χ2v) is 5.50. The van der Waals surface area contributed by atoms with Crippen LogP contribution in [0, 0.1) is 0 Å². The van der Waals surface area contributed by atoms with Gasteiger partial charge in [-0.2, -0.15) is 0 Å². The number of hydrogen-bond donors (Lipinski definition) is 2. The molecule has 1 atom stereocenters. The number of carbonyl (C=O) groups is 1. The van der Waals surface area contributed by atoms with Gasteiger partial charge in [-0.15, -0.1) is 0 Å². The van der Waals surface area contributed by atoms with Crippen LogP contribution in [-0.4, -0.2) is 37.3 Å². The first kappa shape index (κ1) is 16.8. The maximum absolute atomic E-state index is 12.5. The van der Waals surface area contributed by atoms with Crippen LogP contribution >= 0.6 is 0 Å². The summed E-state index contributed by atoms with van der Waals surface area (Å²) >= 11 is 0. The van der Waals surface area contributed by atoms with E-state index in [1.165, 1.54) is 33.5 Å². The van der Waals surface area contributed by atoms with Crippen molar-refractivity contribution >= 4 is 5.78 Å². The van der Waals surface area contributed by atoms with Gasteiger partial charge in [-0.25, -0.2) is 0 Å². The van der Waals surface area contributed by atoms with Crippen molar-refractivity contribution in [2.24, 2.45) is 0 Å². The van der Waals surface area contributed by atoms with Crippen LogP contribution in [0.1, 0.15) is 28.4 Å². The van der Waals surface area contributed by atoms with Gasteiger partial charge in [0.25, 0.3) is 0 Å². The molecule has 132 valence electrons. The van der Waals surface area contributed by atoms with Crippen molar-refractivity contribution < 1.29 is 34.0 Å². The summed E-state index contributed by atoms with van der Waals surface area (Å²) in [6, 6.07) is 6.09. The summed E-state index contributed by atoms with van der Waals surface area (Å²) in [6.07, 6.45) is -0.626. The first-order valence-corrected chi connectivity index (χ1v) is 7.54. The van der Waals surface area contributed by atoms with E-state index in [0.29, 0.717) is 11.3 Å². The number of Topliss-reactive ketones (excluding diaryl/α,β-unsaturated/α-hetero) is 1. The number of methoxy groups -OCH3 is 3. The number of ether oxygens (including phenoxy) is 4. The van der Waals surface area contributed by atoms with Gasteiger partial charge in [-0.1, -0.05) is 6.07 Å². The predicted molar refractivity (Wildman–Crippen MR) is 88.2 cm³/mol. The maximum Gasteiger partial charge on any atom is 0.204 e. The van der Waals surface area contributed by atoms with Crippen molar-refractivity contribution in [1.82, 2.24) is 0 Å². The summed E-state index contributed by atoms with van der Waals surface area (Å²) in [6.45, 7) is 0. The highest BCUT2D eigenvalue weighted by molar-refractivity contribution is 6.03. The summed E-state index contributed by atoms with van der Waals surface area (Å²) < 4.78 is 21.4. The van der Waals surface area contributed by atoms with E-state index >= 15 is 0 Å². The number of aromatic hydroxyl groups is 2. The molecule has 25 heavy (non-hydrogen) atoms. The number of ketones is 1. The molecule has 0 saturated carbocycles. The molecule has 0 aromatic heterocycles. The summed E-state index contributed by atoms with van der Waals surface area (Å²) in [5.41, 5.74) is 0.660. The predicted octanol–water partition coefficient (Wildman–Crippen LogP) is 2.83. The third-order valence-electron chi connectivity index (χ3n) is 4.09. The van der Waals surface area contributed by atoms with Crippen LogP contribution in [0.15, 0.2) is 24.3 Å². The lowest BCUT2D eigenvalue weighted by molar-refractivity contribution is 0.0835. The zero-order valence-electron chi connectivity index (χ0n) is 14.0. The molecular formula is C18H18O7. The Morgan fingerprint density at radius 3 is 2.32 bits per heavy atom. The molecule has 1 heterocycles. The smallest absolute Gasteiger partial charge is 0.204 e. The molecule has 2 aromatic rings. The molecule has 0 fully saturated rings. The van der Waals surface area contributed by atoms with E-state index in [9.17, 15) is 15.0 Å². The molecule has 0 amide bonds. The molecule has 1 aliphatic heterocycles. The SMILES string of the molecule is COc1ccc(C2CC(=O)c3c(O)cc(OC)c(OC)c3O2)cc1O. The molecule has 1 unspecified atom stereocenters. The minimum atomic E-state index is -0.641. The van der Waals surface area contributed by atoms with Crippen LogP contribution in [0.5, 0.6) is 34.5 Å². The largest absolute Gasteiger partial charge is 0.507 e. The molecule has 0 aliphatic carbocycles. The number of carbonyl (C=O) groups excluding carboxylic acids is 1. The lowest BCUT2D eigenvalue weighted by Crippen LogP contribution is -2.21. The highest BCUT2D eigenvalue weighted by Crippen LogP contribution is 2.50. The lowest BCUT2D eigenvalue weighted by Gasteiger charge is -2.28. The van der Waals surface area contributed by atoms with Crippen molar-refractivity contribution in [3.63, 3.8) is 0 Å². The Morgan fingerprint density at radius 1 is 1.00 bits per heavy atom. The Bertz CT molecular complexity index is 829. The quantitative estimate of drug-likeness (QED) is 0.879. The average Bonchev–Trinajstić information content (AvgIpc) is 2.60. The number of fused-ring (bicyclic) bond motifs is 1. The van der Waals surface area contributed by atoms with Gasteiger partial charge in [0.15, 0.2) is 28.8 Å². The minimum absolute atomic E-state index is 0.0157. The number of rotatable bonds is 4. The van der Waals surface area contributed by atoms with Gasteiger partial charge in [0.05, 0.1) is 27.8 Å². The van der Waals surface area contributed by atoms with Gasteiger partial charge in [-0.05, 0) is 17.7 Å². The number of phenols is 2. The van der Waals surface area contributed by atoms with Gasteiger partial charge in [0.1, 0.15) is 17.4 Å². The Hall–Kier alpha value is -3.09. The lowest BCUT2D eigenvalue weighted by atomic mass is 9.95. The Balaban J connectivity index is 2.07. The molecular weight excluding hydrogens is 328 g/mol. The molecule has 2 aromatic carbocycles. The average molecular weight is 346 g/mol. The third-order valence-corrected chi connectivity index (χ3v) is 4.09. The van der Waals surface area contributed by atoms with Gasteiger partial charge in [0, 0.05) is 6.07 Å². The summed E-state index contributed by atoms with van der Waals surface area (Å²) in [7, 11) is 4.30. The normalized spacial score (nSPS) is 16.0. The molecule has 0 spiro atoms. The summed E-state index contributed by atoms with van der Waals surface area (Å²) in [5.74, 6) is 0.353. The molecule has 7 nitrogen and oxygen atoms in total. The van der Waals surface area contributed by atoms with Gasteiger partial charge >= 0.3 is 0 Å². The van der Waals surface area contributed by atoms with Crippen LogP contribution in [-0.2, 0) is 0 Å². The zero-order chi connectivity index (χ0) is 18.1. The number of benzene rings is 2.